The second-order valence-corrected chi connectivity index (χ2v) is 4.71. The van der Waals surface area contributed by atoms with E-state index in [0.29, 0.717) is 6.04 Å². The highest BCUT2D eigenvalue weighted by Gasteiger charge is 2.41. The van der Waals surface area contributed by atoms with Crippen molar-refractivity contribution >= 4 is 6.02 Å². The van der Waals surface area contributed by atoms with Crippen molar-refractivity contribution in [2.24, 2.45) is 4.99 Å². The molecule has 2 aliphatic rings. The van der Waals surface area contributed by atoms with E-state index in [1.165, 1.54) is 24.8 Å². The van der Waals surface area contributed by atoms with Gasteiger partial charge in [-0.25, -0.2) is 4.99 Å². The number of amidine groups is 1. The van der Waals surface area contributed by atoms with Crippen LogP contribution in [0.1, 0.15) is 30.9 Å². The topological polar surface area (TPSA) is 24.8 Å². The molecule has 0 radical (unpaired) electrons. The minimum Gasteiger partial charge on any atom is -0.455 e. The van der Waals surface area contributed by atoms with Crippen LogP contribution in [0.5, 0.6) is 0 Å². The smallest absolute Gasteiger partial charge is 0.288 e. The van der Waals surface area contributed by atoms with E-state index in [0.717, 1.165) is 12.6 Å². The summed E-state index contributed by atoms with van der Waals surface area (Å²) >= 11 is 0. The van der Waals surface area contributed by atoms with Gasteiger partial charge in [-0.15, -0.1) is 0 Å². The van der Waals surface area contributed by atoms with Gasteiger partial charge in [-0.1, -0.05) is 30.3 Å². The molecule has 0 aliphatic carbocycles. The van der Waals surface area contributed by atoms with Crippen LogP contribution >= 0.6 is 0 Å². The van der Waals surface area contributed by atoms with Gasteiger partial charge in [-0.3, -0.25) is 0 Å². The van der Waals surface area contributed by atoms with Gasteiger partial charge in [0.15, 0.2) is 0 Å². The molecule has 0 bridgehead atoms. The quantitative estimate of drug-likeness (QED) is 0.740. The third-order valence-corrected chi connectivity index (χ3v) is 3.70. The molecule has 2 fully saturated rings. The van der Waals surface area contributed by atoms with Gasteiger partial charge in [0.2, 0.25) is 0 Å². The fourth-order valence-corrected chi connectivity index (χ4v) is 2.88. The van der Waals surface area contributed by atoms with Crippen LogP contribution < -0.4 is 0 Å². The van der Waals surface area contributed by atoms with Gasteiger partial charge < -0.3 is 9.64 Å². The summed E-state index contributed by atoms with van der Waals surface area (Å²) in [7, 11) is 1.81. The number of hydrogen-bond donors (Lipinski definition) is 0. The Labute approximate surface area is 102 Å². The first-order chi connectivity index (χ1) is 8.40. The molecule has 2 heterocycles. The van der Waals surface area contributed by atoms with E-state index in [4.69, 9.17) is 4.74 Å². The first-order valence-electron chi connectivity index (χ1n) is 6.35. The minimum absolute atomic E-state index is 0.162. The highest BCUT2D eigenvalue weighted by atomic mass is 16.5. The Hall–Kier alpha value is -1.51. The number of nitrogens with zero attached hydrogens (tertiary/aromatic N) is 2. The van der Waals surface area contributed by atoms with Crippen LogP contribution in [-0.4, -0.2) is 30.6 Å². The number of benzene rings is 1. The molecular formula is C14H18N2O. The molecule has 2 aliphatic heterocycles. The third-order valence-electron chi connectivity index (χ3n) is 3.70. The van der Waals surface area contributed by atoms with E-state index in [-0.39, 0.29) is 6.10 Å². The van der Waals surface area contributed by atoms with Crippen LogP contribution in [0.4, 0.5) is 0 Å². The zero-order valence-electron chi connectivity index (χ0n) is 10.2. The summed E-state index contributed by atoms with van der Waals surface area (Å²) in [5.74, 6) is 0. The molecule has 0 unspecified atom stereocenters. The Morgan fingerprint density at radius 2 is 2.06 bits per heavy atom. The van der Waals surface area contributed by atoms with Crippen LogP contribution in [-0.2, 0) is 4.74 Å². The number of hydrogen-bond acceptors (Lipinski definition) is 2. The molecule has 2 atom stereocenters. The van der Waals surface area contributed by atoms with E-state index in [1.54, 1.807) is 0 Å². The Morgan fingerprint density at radius 3 is 2.82 bits per heavy atom. The molecule has 90 valence electrons. The van der Waals surface area contributed by atoms with Crippen molar-refractivity contribution < 1.29 is 4.74 Å². The number of ether oxygens (including phenoxy) is 1. The SMILES string of the molecule is CN=C1O[C@H](c2ccccc2)[C@@H]2CCCCN12. The van der Waals surface area contributed by atoms with Gasteiger partial charge in [0.05, 0.1) is 6.04 Å². The van der Waals surface area contributed by atoms with Gasteiger partial charge in [0.1, 0.15) is 6.10 Å². The summed E-state index contributed by atoms with van der Waals surface area (Å²) in [5, 5.41) is 0. The van der Waals surface area contributed by atoms with Crippen LogP contribution in [0.2, 0.25) is 0 Å². The maximum atomic E-state index is 6.02. The highest BCUT2D eigenvalue weighted by molar-refractivity contribution is 5.76. The van der Waals surface area contributed by atoms with Crippen LogP contribution in [0.3, 0.4) is 0 Å². The predicted octanol–water partition coefficient (Wildman–Crippen LogP) is 2.60. The number of aliphatic imine (C=N–C) groups is 1. The van der Waals surface area contributed by atoms with E-state index in [9.17, 15) is 0 Å². The number of piperidine rings is 1. The van der Waals surface area contributed by atoms with Crippen molar-refractivity contribution in [1.29, 1.82) is 0 Å². The van der Waals surface area contributed by atoms with Crippen molar-refractivity contribution in [3.05, 3.63) is 35.9 Å². The molecule has 2 saturated heterocycles. The average molecular weight is 230 g/mol. The summed E-state index contributed by atoms with van der Waals surface area (Å²) in [5.41, 5.74) is 1.27. The second-order valence-electron chi connectivity index (χ2n) is 4.71. The van der Waals surface area contributed by atoms with E-state index < -0.39 is 0 Å². The molecule has 1 aromatic carbocycles. The molecule has 0 amide bonds. The minimum atomic E-state index is 0.162. The molecule has 3 rings (SSSR count). The van der Waals surface area contributed by atoms with Gasteiger partial charge in [-0.05, 0) is 24.8 Å². The molecule has 0 spiro atoms. The van der Waals surface area contributed by atoms with Gasteiger partial charge in [0, 0.05) is 13.6 Å². The molecule has 3 nitrogen and oxygen atoms in total. The fourth-order valence-electron chi connectivity index (χ4n) is 2.88. The maximum Gasteiger partial charge on any atom is 0.288 e. The Balaban J connectivity index is 1.91. The lowest BCUT2D eigenvalue weighted by atomic mass is 9.94. The zero-order chi connectivity index (χ0) is 11.7. The van der Waals surface area contributed by atoms with Gasteiger partial charge in [0.25, 0.3) is 6.02 Å². The van der Waals surface area contributed by atoms with Crippen molar-refractivity contribution in [3.63, 3.8) is 0 Å². The lowest BCUT2D eigenvalue weighted by Gasteiger charge is -2.30. The van der Waals surface area contributed by atoms with E-state index in [1.807, 2.05) is 13.1 Å². The largest absolute Gasteiger partial charge is 0.455 e. The summed E-state index contributed by atoms with van der Waals surface area (Å²) < 4.78 is 6.02. The molecule has 3 heteroatoms. The van der Waals surface area contributed by atoms with Crippen molar-refractivity contribution in [3.8, 4) is 0 Å². The first-order valence-corrected chi connectivity index (χ1v) is 6.35. The molecule has 1 aromatic rings. The first kappa shape index (κ1) is 10.6. The van der Waals surface area contributed by atoms with Gasteiger partial charge >= 0.3 is 0 Å². The lowest BCUT2D eigenvalue weighted by Crippen LogP contribution is -2.38. The van der Waals surface area contributed by atoms with E-state index in [2.05, 4.69) is 34.2 Å². The maximum absolute atomic E-state index is 6.02. The van der Waals surface area contributed by atoms with Crippen LogP contribution in [0.15, 0.2) is 35.3 Å². The van der Waals surface area contributed by atoms with Gasteiger partial charge in [-0.2, -0.15) is 0 Å². The van der Waals surface area contributed by atoms with Crippen molar-refractivity contribution in [2.45, 2.75) is 31.4 Å². The Morgan fingerprint density at radius 1 is 1.24 bits per heavy atom. The Bertz CT molecular complexity index is 415. The van der Waals surface area contributed by atoms with E-state index >= 15 is 0 Å². The summed E-state index contributed by atoms with van der Waals surface area (Å²) in [6, 6.07) is 11.8. The lowest BCUT2D eigenvalue weighted by molar-refractivity contribution is 0.168. The second kappa shape index (κ2) is 4.40. The van der Waals surface area contributed by atoms with Crippen LogP contribution in [0, 0.1) is 0 Å². The molecule has 0 N–H and O–H groups in total. The molecule has 0 aromatic heterocycles. The summed E-state index contributed by atoms with van der Waals surface area (Å²) in [4.78, 5) is 6.60. The summed E-state index contributed by atoms with van der Waals surface area (Å²) in [6.45, 7) is 1.08. The average Bonchev–Trinajstić information content (AvgIpc) is 2.78. The molecule has 17 heavy (non-hydrogen) atoms. The monoisotopic (exact) mass is 230 g/mol. The summed E-state index contributed by atoms with van der Waals surface area (Å²) in [6.07, 6.45) is 3.92. The van der Waals surface area contributed by atoms with Crippen LogP contribution in [0.25, 0.3) is 0 Å². The third kappa shape index (κ3) is 1.79. The number of fused-ring (bicyclic) bond motifs is 1. The Kier molecular flexibility index (Phi) is 2.75. The predicted molar refractivity (Wildman–Crippen MR) is 68.0 cm³/mol. The molecule has 0 saturated carbocycles. The zero-order valence-corrected chi connectivity index (χ0v) is 10.2. The standard InChI is InChI=1S/C14H18N2O/c1-15-14-16-10-6-5-9-12(16)13(17-14)11-7-3-2-4-8-11/h2-4,7-8,12-13H,5-6,9-10H2,1H3/t12-,13+/m0/s1. The molecular weight excluding hydrogens is 212 g/mol. The van der Waals surface area contributed by atoms with Crippen molar-refractivity contribution in [2.75, 3.05) is 13.6 Å². The van der Waals surface area contributed by atoms with Crippen molar-refractivity contribution in [1.82, 2.24) is 4.90 Å². The normalized spacial score (nSPS) is 30.2. The highest BCUT2D eigenvalue weighted by Crippen LogP contribution is 2.37. The fraction of sp³-hybridized carbons (Fsp3) is 0.500. The number of rotatable bonds is 1.